The zero-order valence-electron chi connectivity index (χ0n) is 13.3. The van der Waals surface area contributed by atoms with Gasteiger partial charge >= 0.3 is 0 Å². The molecule has 0 aliphatic carbocycles. The van der Waals surface area contributed by atoms with Gasteiger partial charge in [-0.1, -0.05) is 30.4 Å². The van der Waals surface area contributed by atoms with Crippen molar-refractivity contribution in [2.75, 3.05) is 6.54 Å². The number of para-hydroxylation sites is 1. The van der Waals surface area contributed by atoms with Crippen LogP contribution in [0.5, 0.6) is 0 Å². The van der Waals surface area contributed by atoms with Gasteiger partial charge in [-0.2, -0.15) is 5.10 Å². The molecule has 1 heterocycles. The van der Waals surface area contributed by atoms with E-state index in [2.05, 4.69) is 41.4 Å². The van der Waals surface area contributed by atoms with Gasteiger partial charge in [-0.3, -0.25) is 0 Å². The van der Waals surface area contributed by atoms with Crippen LogP contribution in [0, 0.1) is 13.8 Å². The average molecular weight is 314 g/mol. The Labute approximate surface area is 137 Å². The van der Waals surface area contributed by atoms with Gasteiger partial charge in [-0.25, -0.2) is 4.68 Å². The number of nitrogens with zero attached hydrogens (tertiary/aromatic N) is 2. The lowest BCUT2D eigenvalue weighted by Crippen LogP contribution is -2.35. The van der Waals surface area contributed by atoms with Crippen molar-refractivity contribution in [1.82, 2.24) is 20.4 Å². The van der Waals surface area contributed by atoms with E-state index < -0.39 is 0 Å². The Balaban J connectivity index is 2.08. The van der Waals surface area contributed by atoms with Gasteiger partial charge in [0.1, 0.15) is 0 Å². The zero-order valence-corrected chi connectivity index (χ0v) is 14.1. The molecule has 1 aromatic heterocycles. The molecule has 0 spiro atoms. The third-order valence-electron chi connectivity index (χ3n) is 3.42. The van der Waals surface area contributed by atoms with E-state index in [1.165, 1.54) is 5.56 Å². The maximum atomic E-state index is 5.27. The molecular weight excluding hydrogens is 292 g/mol. The first kappa shape index (κ1) is 16.2. The maximum absolute atomic E-state index is 5.27. The van der Waals surface area contributed by atoms with Crippen LogP contribution in [-0.4, -0.2) is 21.4 Å². The van der Waals surface area contributed by atoms with Gasteiger partial charge in [0.15, 0.2) is 5.11 Å². The quantitative estimate of drug-likeness (QED) is 0.657. The molecule has 0 aliphatic rings. The first-order valence-corrected chi connectivity index (χ1v) is 7.66. The summed E-state index contributed by atoms with van der Waals surface area (Å²) in [5.41, 5.74) is 5.42. The van der Waals surface area contributed by atoms with Crippen molar-refractivity contribution in [2.45, 2.75) is 27.3 Å². The van der Waals surface area contributed by atoms with Gasteiger partial charge in [0, 0.05) is 24.3 Å². The molecule has 0 fully saturated rings. The zero-order chi connectivity index (χ0) is 16.1. The molecule has 0 amide bonds. The van der Waals surface area contributed by atoms with Gasteiger partial charge < -0.3 is 10.6 Å². The smallest absolute Gasteiger partial charge is 0.166 e. The Morgan fingerprint density at radius 3 is 2.55 bits per heavy atom. The summed E-state index contributed by atoms with van der Waals surface area (Å²) in [4.78, 5) is 0. The van der Waals surface area contributed by atoms with Crippen LogP contribution < -0.4 is 10.6 Å². The highest BCUT2D eigenvalue weighted by molar-refractivity contribution is 7.80. The Bertz CT molecular complexity index is 673. The van der Waals surface area contributed by atoms with Gasteiger partial charge in [0.05, 0.1) is 11.4 Å². The van der Waals surface area contributed by atoms with E-state index in [0.29, 0.717) is 18.2 Å². The molecule has 0 unspecified atom stereocenters. The van der Waals surface area contributed by atoms with E-state index in [4.69, 9.17) is 12.2 Å². The second-order valence-corrected chi connectivity index (χ2v) is 5.80. The molecule has 2 aromatic rings. The number of nitrogens with one attached hydrogen (secondary N) is 2. The molecule has 116 valence electrons. The second kappa shape index (κ2) is 7.22. The lowest BCUT2D eigenvalue weighted by atomic mass is 10.2. The summed E-state index contributed by atoms with van der Waals surface area (Å²) in [5.74, 6) is 0. The van der Waals surface area contributed by atoms with E-state index in [-0.39, 0.29) is 0 Å². The standard InChI is InChI=1S/C17H22N4S/c1-12(2)10-18-17(22)19-11-16-13(3)20-21(14(16)4)15-8-6-5-7-9-15/h5-9H,1,10-11H2,2-4H3,(H2,18,19,22). The van der Waals surface area contributed by atoms with Gasteiger partial charge in [-0.05, 0) is 45.1 Å². The van der Waals surface area contributed by atoms with Crippen molar-refractivity contribution in [2.24, 2.45) is 0 Å². The van der Waals surface area contributed by atoms with E-state index in [0.717, 1.165) is 22.6 Å². The average Bonchev–Trinajstić information content (AvgIpc) is 2.79. The van der Waals surface area contributed by atoms with Gasteiger partial charge in [0.25, 0.3) is 0 Å². The summed E-state index contributed by atoms with van der Waals surface area (Å²) < 4.78 is 1.97. The van der Waals surface area contributed by atoms with Gasteiger partial charge in [0.2, 0.25) is 0 Å². The minimum Gasteiger partial charge on any atom is -0.359 e. The molecular formula is C17H22N4S. The van der Waals surface area contributed by atoms with Crippen LogP contribution in [0.4, 0.5) is 0 Å². The van der Waals surface area contributed by atoms with Crippen LogP contribution in [0.15, 0.2) is 42.5 Å². The molecule has 2 rings (SSSR count). The lowest BCUT2D eigenvalue weighted by molar-refractivity contribution is 0.827. The summed E-state index contributed by atoms with van der Waals surface area (Å²) in [7, 11) is 0. The molecule has 0 radical (unpaired) electrons. The highest BCUT2D eigenvalue weighted by Crippen LogP contribution is 2.17. The fourth-order valence-electron chi connectivity index (χ4n) is 2.21. The first-order valence-electron chi connectivity index (χ1n) is 7.25. The molecule has 5 heteroatoms. The molecule has 1 aromatic carbocycles. The fraction of sp³-hybridized carbons (Fsp3) is 0.294. The van der Waals surface area contributed by atoms with Crippen molar-refractivity contribution in [3.8, 4) is 5.69 Å². The van der Waals surface area contributed by atoms with Crippen molar-refractivity contribution < 1.29 is 0 Å². The van der Waals surface area contributed by atoms with Crippen molar-refractivity contribution in [3.63, 3.8) is 0 Å². The molecule has 0 aliphatic heterocycles. The van der Waals surface area contributed by atoms with Crippen LogP contribution in [0.3, 0.4) is 0 Å². The normalized spacial score (nSPS) is 10.3. The number of rotatable bonds is 5. The number of hydrogen-bond donors (Lipinski definition) is 2. The minimum absolute atomic E-state index is 0.634. The minimum atomic E-state index is 0.634. The molecule has 0 bridgehead atoms. The second-order valence-electron chi connectivity index (χ2n) is 5.39. The molecule has 0 saturated heterocycles. The Kier molecular flexibility index (Phi) is 5.33. The Hall–Kier alpha value is -2.14. The van der Waals surface area contributed by atoms with Crippen LogP contribution >= 0.6 is 12.2 Å². The predicted octanol–water partition coefficient (Wildman–Crippen LogP) is 3.03. The fourth-order valence-corrected chi connectivity index (χ4v) is 2.36. The SMILES string of the molecule is C=C(C)CNC(=S)NCc1c(C)nn(-c2ccccc2)c1C. The monoisotopic (exact) mass is 314 g/mol. The maximum Gasteiger partial charge on any atom is 0.166 e. The van der Waals surface area contributed by atoms with E-state index in [9.17, 15) is 0 Å². The summed E-state index contributed by atoms with van der Waals surface area (Å²) in [6, 6.07) is 10.1. The third kappa shape index (κ3) is 3.95. The number of hydrogen-bond acceptors (Lipinski definition) is 2. The molecule has 0 saturated carbocycles. The third-order valence-corrected chi connectivity index (χ3v) is 3.71. The largest absolute Gasteiger partial charge is 0.359 e. The van der Waals surface area contributed by atoms with Crippen molar-refractivity contribution >= 4 is 17.3 Å². The summed E-state index contributed by atoms with van der Waals surface area (Å²) in [6.07, 6.45) is 0. The van der Waals surface area contributed by atoms with E-state index >= 15 is 0 Å². The topological polar surface area (TPSA) is 41.9 Å². The van der Waals surface area contributed by atoms with Gasteiger partial charge in [-0.15, -0.1) is 0 Å². The highest BCUT2D eigenvalue weighted by atomic mass is 32.1. The van der Waals surface area contributed by atoms with Crippen molar-refractivity contribution in [1.29, 1.82) is 0 Å². The van der Waals surface area contributed by atoms with Crippen LogP contribution in [0.25, 0.3) is 5.69 Å². The number of benzene rings is 1. The summed E-state index contributed by atoms with van der Waals surface area (Å²) in [5, 5.41) is 11.6. The lowest BCUT2D eigenvalue weighted by Gasteiger charge is -2.11. The summed E-state index contributed by atoms with van der Waals surface area (Å²) >= 11 is 5.27. The first-order chi connectivity index (χ1) is 10.5. The number of aromatic nitrogens is 2. The molecule has 4 nitrogen and oxygen atoms in total. The molecule has 22 heavy (non-hydrogen) atoms. The van der Waals surface area contributed by atoms with Crippen LogP contribution in [0.1, 0.15) is 23.9 Å². The Morgan fingerprint density at radius 1 is 1.23 bits per heavy atom. The van der Waals surface area contributed by atoms with Crippen LogP contribution in [0.2, 0.25) is 0 Å². The summed E-state index contributed by atoms with van der Waals surface area (Å²) in [6.45, 7) is 11.3. The molecule has 2 N–H and O–H groups in total. The predicted molar refractivity (Wildman–Crippen MR) is 95.3 cm³/mol. The van der Waals surface area contributed by atoms with Crippen molar-refractivity contribution in [3.05, 3.63) is 59.4 Å². The van der Waals surface area contributed by atoms with Crippen LogP contribution in [-0.2, 0) is 6.54 Å². The molecule has 0 atom stereocenters. The Morgan fingerprint density at radius 2 is 1.91 bits per heavy atom. The number of thiocarbonyl (C=S) groups is 1. The highest BCUT2D eigenvalue weighted by Gasteiger charge is 2.12. The van der Waals surface area contributed by atoms with E-state index in [1.807, 2.05) is 36.7 Å². The number of aryl methyl sites for hydroxylation is 1. The van der Waals surface area contributed by atoms with E-state index in [1.54, 1.807) is 0 Å².